The van der Waals surface area contributed by atoms with E-state index < -0.39 is 0 Å². The highest BCUT2D eigenvalue weighted by Crippen LogP contribution is 2.27. The zero-order valence-corrected chi connectivity index (χ0v) is 11.6. The molecule has 0 aliphatic rings. The SMILES string of the molecule is NC(c1ccc(O)cc1)n1c(=S)sc2ccccc21. The van der Waals surface area contributed by atoms with Crippen LogP contribution in [0.2, 0.25) is 0 Å². The Morgan fingerprint density at radius 2 is 1.79 bits per heavy atom. The molecule has 3 aromatic rings. The van der Waals surface area contributed by atoms with Gasteiger partial charge in [0.2, 0.25) is 0 Å². The first-order valence-electron chi connectivity index (χ1n) is 5.81. The van der Waals surface area contributed by atoms with Crippen LogP contribution in [-0.4, -0.2) is 9.67 Å². The highest BCUT2D eigenvalue weighted by atomic mass is 32.1. The zero-order chi connectivity index (χ0) is 13.4. The quantitative estimate of drug-likeness (QED) is 0.708. The molecule has 0 fully saturated rings. The molecule has 96 valence electrons. The van der Waals surface area contributed by atoms with Crippen LogP contribution in [0.25, 0.3) is 10.2 Å². The second-order valence-electron chi connectivity index (χ2n) is 4.24. The van der Waals surface area contributed by atoms with Crippen molar-refractivity contribution in [1.29, 1.82) is 0 Å². The number of hydrogen-bond acceptors (Lipinski definition) is 4. The van der Waals surface area contributed by atoms with Gasteiger partial charge in [-0.05, 0) is 42.0 Å². The molecule has 1 unspecified atom stereocenters. The summed E-state index contributed by atoms with van der Waals surface area (Å²) >= 11 is 6.96. The van der Waals surface area contributed by atoms with Crippen LogP contribution in [0.1, 0.15) is 11.7 Å². The standard InChI is InChI=1S/C14H12N2OS2/c15-13(9-5-7-10(17)8-6-9)16-11-3-1-2-4-12(11)19-14(16)18/h1-8,13,17H,15H2. The minimum atomic E-state index is -0.343. The van der Waals surface area contributed by atoms with Crippen LogP contribution in [0, 0.1) is 3.95 Å². The number of thiazole rings is 1. The lowest BCUT2D eigenvalue weighted by atomic mass is 10.1. The number of nitrogens with zero attached hydrogens (tertiary/aromatic N) is 1. The van der Waals surface area contributed by atoms with Crippen molar-refractivity contribution in [3.63, 3.8) is 0 Å². The Kier molecular flexibility index (Phi) is 3.10. The van der Waals surface area contributed by atoms with E-state index in [1.807, 2.05) is 41.0 Å². The van der Waals surface area contributed by atoms with Crippen molar-refractivity contribution in [1.82, 2.24) is 4.57 Å². The predicted molar refractivity (Wildman–Crippen MR) is 81.1 cm³/mol. The minimum absolute atomic E-state index is 0.231. The highest BCUT2D eigenvalue weighted by Gasteiger charge is 2.13. The summed E-state index contributed by atoms with van der Waals surface area (Å²) in [5, 5.41) is 9.33. The number of fused-ring (bicyclic) bond motifs is 1. The average Bonchev–Trinajstić information content (AvgIpc) is 2.74. The van der Waals surface area contributed by atoms with Gasteiger partial charge >= 0.3 is 0 Å². The number of aromatic hydroxyl groups is 1. The second kappa shape index (κ2) is 4.77. The maximum absolute atomic E-state index is 9.33. The Labute approximate surface area is 119 Å². The van der Waals surface area contributed by atoms with Crippen LogP contribution in [0.4, 0.5) is 0 Å². The fourth-order valence-electron chi connectivity index (χ4n) is 2.07. The van der Waals surface area contributed by atoms with Gasteiger partial charge in [0.1, 0.15) is 11.9 Å². The van der Waals surface area contributed by atoms with E-state index >= 15 is 0 Å². The molecule has 0 bridgehead atoms. The third-order valence-electron chi connectivity index (χ3n) is 3.03. The van der Waals surface area contributed by atoms with Gasteiger partial charge in [-0.1, -0.05) is 24.3 Å². The molecule has 0 radical (unpaired) electrons. The third-order valence-corrected chi connectivity index (χ3v) is 4.41. The van der Waals surface area contributed by atoms with Crippen LogP contribution in [-0.2, 0) is 0 Å². The van der Waals surface area contributed by atoms with Crippen molar-refractivity contribution in [3.05, 3.63) is 58.0 Å². The van der Waals surface area contributed by atoms with Gasteiger partial charge in [-0.25, -0.2) is 0 Å². The Bertz CT molecular complexity index is 774. The van der Waals surface area contributed by atoms with E-state index in [9.17, 15) is 5.11 Å². The van der Waals surface area contributed by atoms with Crippen LogP contribution in [0.15, 0.2) is 48.5 Å². The lowest BCUT2D eigenvalue weighted by Crippen LogP contribution is -2.19. The fourth-order valence-corrected chi connectivity index (χ4v) is 3.47. The predicted octanol–water partition coefficient (Wildman–Crippen LogP) is 3.64. The summed E-state index contributed by atoms with van der Waals surface area (Å²) in [5.74, 6) is 0.231. The number of benzene rings is 2. The summed E-state index contributed by atoms with van der Waals surface area (Å²) in [6, 6.07) is 14.9. The van der Waals surface area contributed by atoms with Crippen molar-refractivity contribution in [2.75, 3.05) is 0 Å². The van der Waals surface area contributed by atoms with Gasteiger partial charge in [0.05, 0.1) is 10.2 Å². The van der Waals surface area contributed by atoms with E-state index in [0.29, 0.717) is 0 Å². The van der Waals surface area contributed by atoms with E-state index in [1.54, 1.807) is 23.5 Å². The van der Waals surface area contributed by atoms with Crippen LogP contribution >= 0.6 is 23.6 Å². The molecule has 3 nitrogen and oxygen atoms in total. The Morgan fingerprint density at radius 3 is 2.53 bits per heavy atom. The lowest BCUT2D eigenvalue weighted by Gasteiger charge is -2.15. The third kappa shape index (κ3) is 2.16. The molecule has 0 aliphatic carbocycles. The van der Waals surface area contributed by atoms with Crippen molar-refractivity contribution < 1.29 is 5.11 Å². The summed E-state index contributed by atoms with van der Waals surface area (Å²) < 4.78 is 3.82. The Morgan fingerprint density at radius 1 is 1.11 bits per heavy atom. The number of rotatable bonds is 2. The molecule has 3 rings (SSSR count). The van der Waals surface area contributed by atoms with Gasteiger partial charge in [-0.15, -0.1) is 11.3 Å². The van der Waals surface area contributed by atoms with Gasteiger partial charge in [0.25, 0.3) is 0 Å². The first kappa shape index (κ1) is 12.3. The fraction of sp³-hybridized carbons (Fsp3) is 0.0714. The number of aromatic nitrogens is 1. The van der Waals surface area contributed by atoms with Gasteiger partial charge in [0, 0.05) is 0 Å². The molecule has 1 heterocycles. The van der Waals surface area contributed by atoms with Crippen LogP contribution in [0.5, 0.6) is 5.75 Å². The number of phenolic OH excluding ortho intramolecular Hbond substituents is 1. The monoisotopic (exact) mass is 288 g/mol. The molecule has 1 aromatic heterocycles. The number of para-hydroxylation sites is 1. The molecular formula is C14H12N2OS2. The van der Waals surface area contributed by atoms with E-state index in [4.69, 9.17) is 18.0 Å². The first-order valence-corrected chi connectivity index (χ1v) is 7.04. The van der Waals surface area contributed by atoms with Gasteiger partial charge in [-0.2, -0.15) is 0 Å². The maximum Gasteiger partial charge on any atom is 0.163 e. The summed E-state index contributed by atoms with van der Waals surface area (Å²) in [6.07, 6.45) is -0.343. The summed E-state index contributed by atoms with van der Waals surface area (Å²) in [4.78, 5) is 0. The van der Waals surface area contributed by atoms with E-state index in [1.165, 1.54) is 0 Å². The molecule has 3 N–H and O–H groups in total. The number of nitrogens with two attached hydrogens (primary N) is 1. The number of hydrogen-bond donors (Lipinski definition) is 2. The topological polar surface area (TPSA) is 51.2 Å². The second-order valence-corrected chi connectivity index (χ2v) is 5.92. The first-order chi connectivity index (χ1) is 9.16. The van der Waals surface area contributed by atoms with Crippen LogP contribution < -0.4 is 5.73 Å². The molecule has 1 atom stereocenters. The van der Waals surface area contributed by atoms with Crippen molar-refractivity contribution >= 4 is 33.8 Å². The lowest BCUT2D eigenvalue weighted by molar-refractivity contribution is 0.474. The molecule has 5 heteroatoms. The molecule has 0 spiro atoms. The van der Waals surface area contributed by atoms with Crippen LogP contribution in [0.3, 0.4) is 0 Å². The maximum atomic E-state index is 9.33. The summed E-state index contributed by atoms with van der Waals surface area (Å²) in [7, 11) is 0. The van der Waals surface area contributed by atoms with E-state index in [0.717, 1.165) is 19.7 Å². The molecule has 19 heavy (non-hydrogen) atoms. The van der Waals surface area contributed by atoms with Gasteiger partial charge in [-0.3, -0.25) is 0 Å². The van der Waals surface area contributed by atoms with Crippen molar-refractivity contribution in [2.24, 2.45) is 5.73 Å². The van der Waals surface area contributed by atoms with Crippen molar-refractivity contribution in [2.45, 2.75) is 6.17 Å². The summed E-state index contributed by atoms with van der Waals surface area (Å²) in [5.41, 5.74) is 8.25. The molecule has 2 aromatic carbocycles. The van der Waals surface area contributed by atoms with E-state index in [2.05, 4.69) is 0 Å². The smallest absolute Gasteiger partial charge is 0.163 e. The minimum Gasteiger partial charge on any atom is -0.508 e. The average molecular weight is 288 g/mol. The highest BCUT2D eigenvalue weighted by molar-refractivity contribution is 7.73. The molecular weight excluding hydrogens is 276 g/mol. The Balaban J connectivity index is 2.16. The van der Waals surface area contributed by atoms with Gasteiger partial charge < -0.3 is 15.4 Å². The molecule has 0 saturated heterocycles. The molecule has 0 aliphatic heterocycles. The number of phenols is 1. The Hall–Kier alpha value is -1.69. The zero-order valence-electron chi connectivity index (χ0n) is 9.98. The largest absolute Gasteiger partial charge is 0.508 e. The van der Waals surface area contributed by atoms with Gasteiger partial charge in [0.15, 0.2) is 3.95 Å². The molecule has 0 saturated carbocycles. The molecule has 0 amide bonds. The summed E-state index contributed by atoms with van der Waals surface area (Å²) in [6.45, 7) is 0. The van der Waals surface area contributed by atoms with E-state index in [-0.39, 0.29) is 11.9 Å². The normalized spacial score (nSPS) is 12.7. The van der Waals surface area contributed by atoms with Crippen molar-refractivity contribution in [3.8, 4) is 5.75 Å².